The second-order valence-corrected chi connectivity index (χ2v) is 5.42. The van der Waals surface area contributed by atoms with Crippen LogP contribution in [0.5, 0.6) is 0 Å². The highest BCUT2D eigenvalue weighted by atomic mass is 16.6. The van der Waals surface area contributed by atoms with Crippen molar-refractivity contribution < 1.29 is 34.8 Å². The number of ketones is 1. The molecule has 0 aliphatic heterocycles. The molecule has 0 fully saturated rings. The zero-order valence-electron chi connectivity index (χ0n) is 13.3. The third-order valence-corrected chi connectivity index (χ3v) is 3.38. The molecule has 0 aliphatic rings. The molecule has 0 aromatic carbocycles. The summed E-state index contributed by atoms with van der Waals surface area (Å²) in [4.78, 5) is 23.1. The van der Waals surface area contributed by atoms with Crippen LogP contribution in [0.2, 0.25) is 0 Å². The number of unbranched alkanes of at least 4 members (excludes halogenated alkanes) is 4. The monoisotopic (exact) mass is 320 g/mol. The first kappa shape index (κ1) is 21.0. The van der Waals surface area contributed by atoms with Crippen molar-refractivity contribution in [2.75, 3.05) is 6.61 Å². The first-order valence-electron chi connectivity index (χ1n) is 7.70. The Morgan fingerprint density at radius 1 is 1.00 bits per heavy atom. The average Bonchev–Trinajstić information content (AvgIpc) is 2.49. The number of rotatable bonds is 12. The summed E-state index contributed by atoms with van der Waals surface area (Å²) in [5.41, 5.74) is 0. The Bertz CT molecular complexity index is 332. The van der Waals surface area contributed by atoms with Crippen molar-refractivity contribution in [3.05, 3.63) is 0 Å². The summed E-state index contributed by atoms with van der Waals surface area (Å²) in [5, 5.41) is 37.4. The molecule has 0 aromatic rings. The Balaban J connectivity index is 4.39. The van der Waals surface area contributed by atoms with E-state index in [0.717, 1.165) is 32.6 Å². The lowest BCUT2D eigenvalue weighted by Crippen LogP contribution is -2.49. The molecule has 0 unspecified atom stereocenters. The van der Waals surface area contributed by atoms with Crippen molar-refractivity contribution in [3.8, 4) is 0 Å². The van der Waals surface area contributed by atoms with Crippen LogP contribution in [0, 0.1) is 0 Å². The summed E-state index contributed by atoms with van der Waals surface area (Å²) >= 11 is 0. The molecule has 7 nitrogen and oxygen atoms in total. The van der Waals surface area contributed by atoms with Crippen LogP contribution in [-0.2, 0) is 14.3 Å². The number of carbonyl (C=O) groups is 2. The van der Waals surface area contributed by atoms with E-state index in [2.05, 4.69) is 6.92 Å². The molecular weight excluding hydrogens is 292 g/mol. The fourth-order valence-electron chi connectivity index (χ4n) is 1.98. The van der Waals surface area contributed by atoms with Gasteiger partial charge in [-0.3, -0.25) is 9.59 Å². The normalized spacial score (nSPS) is 16.6. The third kappa shape index (κ3) is 7.84. The van der Waals surface area contributed by atoms with Gasteiger partial charge in [0, 0.05) is 6.42 Å². The molecule has 22 heavy (non-hydrogen) atoms. The van der Waals surface area contributed by atoms with Gasteiger partial charge in [0.2, 0.25) is 0 Å². The number of carbonyl (C=O) groups excluding carboxylic acids is 2. The van der Waals surface area contributed by atoms with Gasteiger partial charge in [-0.05, 0) is 13.3 Å². The topological polar surface area (TPSA) is 124 Å². The van der Waals surface area contributed by atoms with E-state index >= 15 is 0 Å². The minimum atomic E-state index is -1.79. The van der Waals surface area contributed by atoms with Crippen LogP contribution >= 0.6 is 0 Å². The molecule has 0 heterocycles. The summed E-state index contributed by atoms with van der Waals surface area (Å²) in [6, 6.07) is 0. The molecule has 0 radical (unpaired) electrons. The van der Waals surface area contributed by atoms with E-state index in [-0.39, 0.29) is 6.42 Å². The van der Waals surface area contributed by atoms with Crippen molar-refractivity contribution in [2.45, 2.75) is 76.8 Å². The number of aliphatic hydroxyl groups excluding tert-OH is 4. The number of hydrogen-bond acceptors (Lipinski definition) is 7. The van der Waals surface area contributed by atoms with Gasteiger partial charge in [0.1, 0.15) is 18.3 Å². The number of aliphatic hydroxyl groups is 4. The molecule has 0 aliphatic carbocycles. The molecule has 0 spiro atoms. The van der Waals surface area contributed by atoms with Crippen LogP contribution in [0.15, 0.2) is 0 Å². The van der Waals surface area contributed by atoms with Gasteiger partial charge in [0.25, 0.3) is 0 Å². The SMILES string of the molecule is CCCCCCCC(=O)O[C@@H](C(C)=O)[C@@H](O)[C@H](O)[C@H](O)CO. The lowest BCUT2D eigenvalue weighted by atomic mass is 10.0. The van der Waals surface area contributed by atoms with Crippen LogP contribution in [0.4, 0.5) is 0 Å². The standard InChI is InChI=1S/C15H28O7/c1-3-4-5-6-7-8-12(19)22-15(10(2)17)14(21)13(20)11(18)9-16/h11,13-16,18,20-21H,3-9H2,1-2H3/t11-,13-,14+,15+/m1/s1. The summed E-state index contributed by atoms with van der Waals surface area (Å²) in [6.45, 7) is 2.41. The van der Waals surface area contributed by atoms with E-state index in [0.29, 0.717) is 6.42 Å². The van der Waals surface area contributed by atoms with Gasteiger partial charge >= 0.3 is 5.97 Å². The molecule has 4 N–H and O–H groups in total. The average molecular weight is 320 g/mol. The maximum absolute atomic E-state index is 11.7. The lowest BCUT2D eigenvalue weighted by Gasteiger charge is -2.27. The maximum atomic E-state index is 11.7. The third-order valence-electron chi connectivity index (χ3n) is 3.38. The second kappa shape index (κ2) is 11.5. The predicted molar refractivity (Wildman–Crippen MR) is 79.0 cm³/mol. The van der Waals surface area contributed by atoms with Crippen molar-refractivity contribution in [3.63, 3.8) is 0 Å². The Hall–Kier alpha value is -1.02. The highest BCUT2D eigenvalue weighted by Crippen LogP contribution is 2.12. The highest BCUT2D eigenvalue weighted by Gasteiger charge is 2.36. The fraction of sp³-hybridized carbons (Fsp3) is 0.867. The van der Waals surface area contributed by atoms with E-state index in [1.54, 1.807) is 0 Å². The van der Waals surface area contributed by atoms with Gasteiger partial charge in [-0.1, -0.05) is 32.6 Å². The minimum absolute atomic E-state index is 0.124. The minimum Gasteiger partial charge on any atom is -0.451 e. The summed E-state index contributed by atoms with van der Waals surface area (Å²) in [7, 11) is 0. The summed E-state index contributed by atoms with van der Waals surface area (Å²) in [6.07, 6.45) is -1.92. The van der Waals surface area contributed by atoms with Crippen molar-refractivity contribution in [2.24, 2.45) is 0 Å². The molecule has 0 saturated heterocycles. The van der Waals surface area contributed by atoms with Crippen molar-refractivity contribution >= 4 is 11.8 Å². The molecule has 0 rings (SSSR count). The van der Waals surface area contributed by atoms with Gasteiger partial charge in [-0.15, -0.1) is 0 Å². The molecule has 0 amide bonds. The molecule has 0 aromatic heterocycles. The van der Waals surface area contributed by atoms with E-state index in [1.807, 2.05) is 0 Å². The van der Waals surface area contributed by atoms with Crippen LogP contribution in [-0.4, -0.2) is 63.2 Å². The zero-order chi connectivity index (χ0) is 17.1. The van der Waals surface area contributed by atoms with E-state index < -0.39 is 42.8 Å². The number of ether oxygens (including phenoxy) is 1. The van der Waals surface area contributed by atoms with Crippen LogP contribution < -0.4 is 0 Å². The van der Waals surface area contributed by atoms with Crippen LogP contribution in [0.3, 0.4) is 0 Å². The van der Waals surface area contributed by atoms with Gasteiger partial charge in [0.15, 0.2) is 11.9 Å². The Kier molecular flexibility index (Phi) is 11.0. The van der Waals surface area contributed by atoms with Gasteiger partial charge in [0.05, 0.1) is 6.61 Å². The van der Waals surface area contributed by atoms with Gasteiger partial charge in [-0.25, -0.2) is 0 Å². The molecular formula is C15H28O7. The number of Topliss-reactive ketones (excluding diaryl/α,β-unsaturated/α-hetero) is 1. The lowest BCUT2D eigenvalue weighted by molar-refractivity contribution is -0.172. The molecule has 4 atom stereocenters. The molecule has 7 heteroatoms. The summed E-state index contributed by atoms with van der Waals surface area (Å²) in [5.74, 6) is -1.28. The largest absolute Gasteiger partial charge is 0.451 e. The van der Waals surface area contributed by atoms with Crippen LogP contribution in [0.25, 0.3) is 0 Å². The first-order valence-corrected chi connectivity index (χ1v) is 7.70. The highest BCUT2D eigenvalue weighted by molar-refractivity contribution is 5.84. The zero-order valence-corrected chi connectivity index (χ0v) is 13.3. The second-order valence-electron chi connectivity index (χ2n) is 5.42. The quantitative estimate of drug-likeness (QED) is 0.293. The molecule has 130 valence electrons. The van der Waals surface area contributed by atoms with E-state index in [1.165, 1.54) is 0 Å². The summed E-state index contributed by atoms with van der Waals surface area (Å²) < 4.78 is 4.90. The Morgan fingerprint density at radius 3 is 2.09 bits per heavy atom. The smallest absolute Gasteiger partial charge is 0.306 e. The Morgan fingerprint density at radius 2 is 1.59 bits per heavy atom. The first-order chi connectivity index (χ1) is 10.3. The van der Waals surface area contributed by atoms with Crippen molar-refractivity contribution in [1.82, 2.24) is 0 Å². The van der Waals surface area contributed by atoms with Gasteiger partial charge in [-0.2, -0.15) is 0 Å². The number of esters is 1. The maximum Gasteiger partial charge on any atom is 0.306 e. The van der Waals surface area contributed by atoms with Crippen LogP contribution in [0.1, 0.15) is 52.4 Å². The van der Waals surface area contributed by atoms with Crippen molar-refractivity contribution in [1.29, 1.82) is 0 Å². The molecule has 0 saturated carbocycles. The number of hydrogen-bond donors (Lipinski definition) is 4. The Labute approximate surface area is 130 Å². The predicted octanol–water partition coefficient (Wildman–Crippen LogP) is -0.0773. The van der Waals surface area contributed by atoms with Gasteiger partial charge < -0.3 is 25.2 Å². The van der Waals surface area contributed by atoms with E-state index in [9.17, 15) is 24.9 Å². The fourth-order valence-corrected chi connectivity index (χ4v) is 1.98. The van der Waals surface area contributed by atoms with E-state index in [4.69, 9.17) is 9.84 Å². The molecule has 0 bridgehead atoms.